The predicted octanol–water partition coefficient (Wildman–Crippen LogP) is 2.38. The van der Waals surface area contributed by atoms with Crippen LogP contribution in [0.3, 0.4) is 0 Å². The summed E-state index contributed by atoms with van der Waals surface area (Å²) in [6.45, 7) is 10.9. The molecule has 1 N–H and O–H groups in total. The van der Waals surface area contributed by atoms with Gasteiger partial charge in [-0.1, -0.05) is 27.7 Å². The minimum atomic E-state index is -0.779. The van der Waals surface area contributed by atoms with Gasteiger partial charge in [-0.05, 0) is 30.6 Å². The number of amides is 1. The van der Waals surface area contributed by atoms with E-state index in [2.05, 4.69) is 27.7 Å². The Labute approximate surface area is 115 Å². The molecule has 4 nitrogen and oxygen atoms in total. The molecule has 1 aliphatic carbocycles. The summed E-state index contributed by atoms with van der Waals surface area (Å²) in [5.41, 5.74) is 0.0277. The van der Waals surface area contributed by atoms with Crippen LogP contribution in [0.1, 0.15) is 47.5 Å². The molecule has 2 atom stereocenters. The van der Waals surface area contributed by atoms with Gasteiger partial charge in [0.2, 0.25) is 5.91 Å². The summed E-state index contributed by atoms with van der Waals surface area (Å²) in [7, 11) is 0. The molecule has 1 amide bonds. The van der Waals surface area contributed by atoms with E-state index in [1.807, 2.05) is 11.8 Å². The molecule has 1 aliphatic heterocycles. The maximum absolute atomic E-state index is 12.7. The molecule has 19 heavy (non-hydrogen) atoms. The third-order valence-electron chi connectivity index (χ3n) is 5.78. The molecule has 0 bridgehead atoms. The molecule has 0 aromatic rings. The fraction of sp³-hybridized carbons (Fsp3) is 0.867. The van der Waals surface area contributed by atoms with E-state index in [1.54, 1.807) is 0 Å². The normalized spacial score (nSPS) is 33.0. The third-order valence-corrected chi connectivity index (χ3v) is 5.78. The van der Waals surface area contributed by atoms with Gasteiger partial charge in [0.1, 0.15) is 0 Å². The largest absolute Gasteiger partial charge is 0.481 e. The van der Waals surface area contributed by atoms with E-state index in [9.17, 15) is 9.59 Å². The Morgan fingerprint density at radius 2 is 1.63 bits per heavy atom. The molecule has 2 fully saturated rings. The minimum absolute atomic E-state index is 0.0139. The lowest BCUT2D eigenvalue weighted by Gasteiger charge is -2.37. The van der Waals surface area contributed by atoms with Crippen molar-refractivity contribution in [3.05, 3.63) is 0 Å². The fourth-order valence-electron chi connectivity index (χ4n) is 3.60. The van der Waals surface area contributed by atoms with E-state index in [1.165, 1.54) is 0 Å². The molecule has 2 rings (SSSR count). The number of piperidine rings is 1. The van der Waals surface area contributed by atoms with Crippen LogP contribution in [0.5, 0.6) is 0 Å². The van der Waals surface area contributed by atoms with E-state index in [-0.39, 0.29) is 28.7 Å². The highest BCUT2D eigenvalue weighted by molar-refractivity contribution is 5.85. The first-order valence-electron chi connectivity index (χ1n) is 7.14. The summed E-state index contributed by atoms with van der Waals surface area (Å²) in [6.07, 6.45) is 1.47. The van der Waals surface area contributed by atoms with Crippen molar-refractivity contribution in [3.63, 3.8) is 0 Å². The second-order valence-electron chi connectivity index (χ2n) is 7.33. The van der Waals surface area contributed by atoms with Crippen molar-refractivity contribution in [2.75, 3.05) is 6.54 Å². The number of aliphatic carboxylic acids is 1. The molecule has 1 saturated heterocycles. The Kier molecular flexibility index (Phi) is 3.19. The summed E-state index contributed by atoms with van der Waals surface area (Å²) < 4.78 is 0. The number of carboxylic acid groups (broad SMARTS) is 1. The van der Waals surface area contributed by atoms with E-state index in [0.29, 0.717) is 13.0 Å². The van der Waals surface area contributed by atoms with Crippen molar-refractivity contribution in [2.45, 2.75) is 53.5 Å². The molecule has 0 aromatic heterocycles. The molecule has 0 aromatic carbocycles. The first-order valence-corrected chi connectivity index (χ1v) is 7.14. The third kappa shape index (κ3) is 2.05. The monoisotopic (exact) mass is 267 g/mol. The maximum Gasteiger partial charge on any atom is 0.308 e. The highest BCUT2D eigenvalue weighted by Crippen LogP contribution is 2.69. The first-order chi connectivity index (χ1) is 8.60. The molecule has 0 radical (unpaired) electrons. The molecule has 1 saturated carbocycles. The zero-order chi connectivity index (χ0) is 14.6. The quantitative estimate of drug-likeness (QED) is 0.835. The molecule has 2 unspecified atom stereocenters. The Bertz CT molecular complexity index is 400. The molecule has 0 spiro atoms. The molecule has 4 heteroatoms. The highest BCUT2D eigenvalue weighted by atomic mass is 16.4. The standard InChI is InChI=1S/C15H25NO3/c1-9-6-7-10(13(18)19)8-16(9)12(17)11-14(2,3)15(11,4)5/h9-11H,6-8H2,1-5H3,(H,18,19). The van der Waals surface area contributed by atoms with Gasteiger partial charge in [-0.2, -0.15) is 0 Å². The van der Waals surface area contributed by atoms with Gasteiger partial charge in [0, 0.05) is 18.5 Å². The Balaban J connectivity index is 2.13. The minimum Gasteiger partial charge on any atom is -0.481 e. The van der Waals surface area contributed by atoms with Crippen LogP contribution in [0.15, 0.2) is 0 Å². The van der Waals surface area contributed by atoms with E-state index < -0.39 is 11.9 Å². The van der Waals surface area contributed by atoms with Gasteiger partial charge in [0.05, 0.1) is 5.92 Å². The van der Waals surface area contributed by atoms with Crippen LogP contribution in [-0.2, 0) is 9.59 Å². The number of nitrogens with zero attached hydrogens (tertiary/aromatic N) is 1. The summed E-state index contributed by atoms with van der Waals surface area (Å²) >= 11 is 0. The Morgan fingerprint density at radius 3 is 2.05 bits per heavy atom. The summed E-state index contributed by atoms with van der Waals surface area (Å²) in [6, 6.07) is 0.162. The van der Waals surface area contributed by atoms with Crippen LogP contribution in [-0.4, -0.2) is 34.5 Å². The molecule has 108 valence electrons. The van der Waals surface area contributed by atoms with Crippen molar-refractivity contribution in [1.82, 2.24) is 4.90 Å². The van der Waals surface area contributed by atoms with E-state index >= 15 is 0 Å². The lowest BCUT2D eigenvalue weighted by Crippen LogP contribution is -2.48. The summed E-state index contributed by atoms with van der Waals surface area (Å²) in [4.78, 5) is 25.6. The van der Waals surface area contributed by atoms with Crippen LogP contribution in [0.2, 0.25) is 0 Å². The summed E-state index contributed by atoms with van der Waals surface area (Å²) in [5.74, 6) is -1.01. The van der Waals surface area contributed by atoms with Crippen molar-refractivity contribution < 1.29 is 14.7 Å². The number of rotatable bonds is 2. The highest BCUT2D eigenvalue weighted by Gasteiger charge is 2.69. The number of hydrogen-bond acceptors (Lipinski definition) is 2. The predicted molar refractivity (Wildman–Crippen MR) is 72.6 cm³/mol. The fourth-order valence-corrected chi connectivity index (χ4v) is 3.60. The van der Waals surface area contributed by atoms with Crippen molar-refractivity contribution in [1.29, 1.82) is 0 Å². The van der Waals surface area contributed by atoms with Gasteiger partial charge in [-0.3, -0.25) is 9.59 Å². The van der Waals surface area contributed by atoms with Crippen LogP contribution < -0.4 is 0 Å². The van der Waals surface area contributed by atoms with Gasteiger partial charge in [0.15, 0.2) is 0 Å². The lowest BCUT2D eigenvalue weighted by atomic mass is 9.92. The zero-order valence-corrected chi connectivity index (χ0v) is 12.6. The second-order valence-corrected chi connectivity index (χ2v) is 7.33. The topological polar surface area (TPSA) is 57.6 Å². The first kappa shape index (κ1) is 14.4. The van der Waals surface area contributed by atoms with Crippen LogP contribution in [0.4, 0.5) is 0 Å². The van der Waals surface area contributed by atoms with E-state index in [0.717, 1.165) is 6.42 Å². The van der Waals surface area contributed by atoms with Gasteiger partial charge in [0.25, 0.3) is 0 Å². The second kappa shape index (κ2) is 4.22. The number of likely N-dealkylation sites (tertiary alicyclic amines) is 1. The molecular formula is C15H25NO3. The van der Waals surface area contributed by atoms with Crippen LogP contribution in [0.25, 0.3) is 0 Å². The van der Waals surface area contributed by atoms with E-state index in [4.69, 9.17) is 5.11 Å². The number of carboxylic acids is 1. The number of carbonyl (C=O) groups excluding carboxylic acids is 1. The van der Waals surface area contributed by atoms with Crippen molar-refractivity contribution in [2.24, 2.45) is 22.7 Å². The average Bonchev–Trinajstić information content (AvgIpc) is 2.68. The molecular weight excluding hydrogens is 242 g/mol. The lowest BCUT2D eigenvalue weighted by molar-refractivity contribution is -0.148. The zero-order valence-electron chi connectivity index (χ0n) is 12.6. The summed E-state index contributed by atoms with van der Waals surface area (Å²) in [5, 5.41) is 9.15. The van der Waals surface area contributed by atoms with Crippen molar-refractivity contribution in [3.8, 4) is 0 Å². The van der Waals surface area contributed by atoms with Gasteiger partial charge in [-0.15, -0.1) is 0 Å². The average molecular weight is 267 g/mol. The molecule has 2 aliphatic rings. The van der Waals surface area contributed by atoms with Crippen molar-refractivity contribution >= 4 is 11.9 Å². The smallest absolute Gasteiger partial charge is 0.308 e. The maximum atomic E-state index is 12.7. The van der Waals surface area contributed by atoms with Gasteiger partial charge < -0.3 is 10.0 Å². The Morgan fingerprint density at radius 1 is 1.11 bits per heavy atom. The van der Waals surface area contributed by atoms with Crippen LogP contribution >= 0.6 is 0 Å². The SMILES string of the molecule is CC1CCC(C(=O)O)CN1C(=O)C1C(C)(C)C1(C)C. The van der Waals surface area contributed by atoms with Gasteiger partial charge >= 0.3 is 5.97 Å². The Hall–Kier alpha value is -1.06. The number of hydrogen-bond donors (Lipinski definition) is 1. The van der Waals surface area contributed by atoms with Crippen LogP contribution in [0, 0.1) is 22.7 Å². The van der Waals surface area contributed by atoms with Gasteiger partial charge in [-0.25, -0.2) is 0 Å². The molecule has 1 heterocycles. The number of carbonyl (C=O) groups is 2.